The van der Waals surface area contributed by atoms with E-state index in [-0.39, 0.29) is 30.3 Å². The van der Waals surface area contributed by atoms with Gasteiger partial charge in [0.2, 0.25) is 0 Å². The van der Waals surface area contributed by atoms with E-state index < -0.39 is 0 Å². The lowest BCUT2D eigenvalue weighted by Gasteiger charge is -2.14. The van der Waals surface area contributed by atoms with Crippen molar-refractivity contribution >= 4 is 30.1 Å². The van der Waals surface area contributed by atoms with Crippen molar-refractivity contribution in [3.05, 3.63) is 29.8 Å². The molecule has 0 bridgehead atoms. The van der Waals surface area contributed by atoms with Gasteiger partial charge in [0.15, 0.2) is 0 Å². The molecule has 1 amide bonds. The van der Waals surface area contributed by atoms with Crippen molar-refractivity contribution in [3.8, 4) is 0 Å². The lowest BCUT2D eigenvalue weighted by Crippen LogP contribution is -2.34. The van der Waals surface area contributed by atoms with Gasteiger partial charge in [0.25, 0.3) is 5.91 Å². The quantitative estimate of drug-likeness (QED) is 0.722. The van der Waals surface area contributed by atoms with Gasteiger partial charge in [-0.25, -0.2) is 0 Å². The van der Waals surface area contributed by atoms with Gasteiger partial charge < -0.3 is 15.7 Å². The normalized spacial score (nSPS) is 21.1. The van der Waals surface area contributed by atoms with Crippen molar-refractivity contribution in [2.24, 2.45) is 5.92 Å². The standard InChI is InChI=1S/C15H22N2O2S.ClH/c1-10(2)20-13-5-3-11(4-6-13)15(19)17-8-12-7-16-9-14(12)18;/h3-6,10,12,14,16,18H,7-9H2,1-2H3,(H,17,19);1H. The molecule has 1 fully saturated rings. The molecule has 1 saturated heterocycles. The van der Waals surface area contributed by atoms with Gasteiger partial charge >= 0.3 is 0 Å². The molecule has 1 aromatic carbocycles. The van der Waals surface area contributed by atoms with E-state index in [1.54, 1.807) is 11.8 Å². The van der Waals surface area contributed by atoms with Crippen LogP contribution in [0.2, 0.25) is 0 Å². The summed E-state index contributed by atoms with van der Waals surface area (Å²) < 4.78 is 0. The molecular formula is C15H23ClN2O2S. The molecule has 6 heteroatoms. The molecule has 1 heterocycles. The monoisotopic (exact) mass is 330 g/mol. The van der Waals surface area contributed by atoms with Gasteiger partial charge in [0, 0.05) is 41.3 Å². The highest BCUT2D eigenvalue weighted by molar-refractivity contribution is 7.99. The third kappa shape index (κ3) is 5.51. The maximum absolute atomic E-state index is 12.0. The fourth-order valence-electron chi connectivity index (χ4n) is 2.21. The molecule has 21 heavy (non-hydrogen) atoms. The molecule has 0 aliphatic carbocycles. The lowest BCUT2D eigenvalue weighted by atomic mass is 10.1. The number of carbonyl (C=O) groups excluding carboxylic acids is 1. The van der Waals surface area contributed by atoms with Gasteiger partial charge in [-0.15, -0.1) is 24.2 Å². The summed E-state index contributed by atoms with van der Waals surface area (Å²) in [6.45, 7) is 6.17. The Bertz CT molecular complexity index is 453. The number of hydrogen-bond donors (Lipinski definition) is 3. The number of β-amino-alcohol motifs (C(OH)–C–C–N with tert-alkyl or cyclic N) is 1. The minimum Gasteiger partial charge on any atom is -0.391 e. The molecule has 3 N–H and O–H groups in total. The molecule has 1 aliphatic rings. The van der Waals surface area contributed by atoms with Crippen LogP contribution in [0.1, 0.15) is 24.2 Å². The minimum absolute atomic E-state index is 0. The highest BCUT2D eigenvalue weighted by Crippen LogP contribution is 2.22. The van der Waals surface area contributed by atoms with Crippen LogP contribution < -0.4 is 10.6 Å². The molecule has 2 atom stereocenters. The summed E-state index contributed by atoms with van der Waals surface area (Å²) in [5, 5.41) is 16.2. The number of nitrogens with one attached hydrogen (secondary N) is 2. The van der Waals surface area contributed by atoms with E-state index in [0.29, 0.717) is 23.9 Å². The summed E-state index contributed by atoms with van der Waals surface area (Å²) in [7, 11) is 0. The van der Waals surface area contributed by atoms with Crippen molar-refractivity contribution < 1.29 is 9.90 Å². The molecule has 4 nitrogen and oxygen atoms in total. The third-order valence-electron chi connectivity index (χ3n) is 3.32. The Morgan fingerprint density at radius 1 is 1.38 bits per heavy atom. The largest absolute Gasteiger partial charge is 0.391 e. The van der Waals surface area contributed by atoms with E-state index in [1.807, 2.05) is 24.3 Å². The number of benzene rings is 1. The zero-order valence-corrected chi connectivity index (χ0v) is 14.0. The Morgan fingerprint density at radius 2 is 2.05 bits per heavy atom. The van der Waals surface area contributed by atoms with Gasteiger partial charge in [-0.05, 0) is 24.3 Å². The maximum atomic E-state index is 12.0. The van der Waals surface area contributed by atoms with Crippen LogP contribution in [0.3, 0.4) is 0 Å². The summed E-state index contributed by atoms with van der Waals surface area (Å²) in [5.41, 5.74) is 0.665. The van der Waals surface area contributed by atoms with Crippen molar-refractivity contribution in [1.29, 1.82) is 0 Å². The average molecular weight is 331 g/mol. The molecule has 2 rings (SSSR count). The first kappa shape index (κ1) is 18.3. The van der Waals surface area contributed by atoms with Gasteiger partial charge in [0.05, 0.1) is 6.10 Å². The lowest BCUT2D eigenvalue weighted by molar-refractivity contribution is 0.0927. The number of aliphatic hydroxyl groups excluding tert-OH is 1. The first-order valence-electron chi connectivity index (χ1n) is 7.00. The predicted octanol–water partition coefficient (Wildman–Crippen LogP) is 1.92. The molecule has 118 valence electrons. The molecule has 0 spiro atoms. The van der Waals surface area contributed by atoms with Gasteiger partial charge in [-0.3, -0.25) is 4.79 Å². The highest BCUT2D eigenvalue weighted by Gasteiger charge is 2.25. The van der Waals surface area contributed by atoms with E-state index in [9.17, 15) is 9.90 Å². The zero-order chi connectivity index (χ0) is 14.5. The topological polar surface area (TPSA) is 61.4 Å². The second-order valence-corrected chi connectivity index (χ2v) is 7.04. The van der Waals surface area contributed by atoms with Crippen LogP contribution in [0, 0.1) is 5.92 Å². The molecular weight excluding hydrogens is 308 g/mol. The summed E-state index contributed by atoms with van der Waals surface area (Å²) in [6.07, 6.45) is -0.361. The Kier molecular flexibility index (Phi) is 7.52. The van der Waals surface area contributed by atoms with Crippen molar-refractivity contribution in [2.75, 3.05) is 19.6 Å². The van der Waals surface area contributed by atoms with E-state index in [2.05, 4.69) is 24.5 Å². The minimum atomic E-state index is -0.361. The number of aliphatic hydroxyl groups is 1. The van der Waals surface area contributed by atoms with Crippen LogP contribution in [0.4, 0.5) is 0 Å². The van der Waals surface area contributed by atoms with E-state index >= 15 is 0 Å². The molecule has 0 saturated carbocycles. The van der Waals surface area contributed by atoms with Crippen molar-refractivity contribution in [3.63, 3.8) is 0 Å². The fourth-order valence-corrected chi connectivity index (χ4v) is 3.05. The first-order chi connectivity index (χ1) is 9.56. The molecule has 0 aromatic heterocycles. The Balaban J connectivity index is 0.00000220. The van der Waals surface area contributed by atoms with Crippen LogP contribution >= 0.6 is 24.2 Å². The molecule has 1 aliphatic heterocycles. The van der Waals surface area contributed by atoms with Gasteiger partial charge in [-0.2, -0.15) is 0 Å². The summed E-state index contributed by atoms with van der Waals surface area (Å²) in [5.74, 6) is 0.0277. The fraction of sp³-hybridized carbons (Fsp3) is 0.533. The van der Waals surface area contributed by atoms with Crippen LogP contribution in [0.15, 0.2) is 29.2 Å². The number of thioether (sulfide) groups is 1. The predicted molar refractivity (Wildman–Crippen MR) is 89.4 cm³/mol. The van der Waals surface area contributed by atoms with Crippen LogP contribution in [0.25, 0.3) is 0 Å². The van der Waals surface area contributed by atoms with Crippen LogP contribution in [-0.4, -0.2) is 42.0 Å². The van der Waals surface area contributed by atoms with E-state index in [1.165, 1.54) is 4.90 Å². The van der Waals surface area contributed by atoms with Crippen molar-refractivity contribution in [1.82, 2.24) is 10.6 Å². The summed E-state index contributed by atoms with van der Waals surface area (Å²) >= 11 is 1.78. The zero-order valence-electron chi connectivity index (χ0n) is 12.3. The Labute approximate surface area is 136 Å². The molecule has 0 radical (unpaired) electrons. The van der Waals surface area contributed by atoms with Crippen LogP contribution in [0.5, 0.6) is 0 Å². The Morgan fingerprint density at radius 3 is 2.57 bits per heavy atom. The first-order valence-corrected chi connectivity index (χ1v) is 7.88. The third-order valence-corrected chi connectivity index (χ3v) is 4.33. The maximum Gasteiger partial charge on any atom is 0.251 e. The van der Waals surface area contributed by atoms with Gasteiger partial charge in [-0.1, -0.05) is 13.8 Å². The summed E-state index contributed by atoms with van der Waals surface area (Å²) in [4.78, 5) is 13.2. The number of rotatable bonds is 5. The van der Waals surface area contributed by atoms with Crippen LogP contribution in [-0.2, 0) is 0 Å². The van der Waals surface area contributed by atoms with E-state index in [4.69, 9.17) is 0 Å². The SMILES string of the molecule is CC(C)Sc1ccc(C(=O)NCC2CNCC2O)cc1.Cl. The van der Waals surface area contributed by atoms with E-state index in [0.717, 1.165) is 6.54 Å². The smallest absolute Gasteiger partial charge is 0.251 e. The number of hydrogen-bond acceptors (Lipinski definition) is 4. The number of amides is 1. The highest BCUT2D eigenvalue weighted by atomic mass is 35.5. The van der Waals surface area contributed by atoms with Crippen molar-refractivity contribution in [2.45, 2.75) is 30.1 Å². The summed E-state index contributed by atoms with van der Waals surface area (Å²) in [6, 6.07) is 7.66. The Hall–Kier alpha value is -0.750. The van der Waals surface area contributed by atoms with Gasteiger partial charge in [0.1, 0.15) is 0 Å². The average Bonchev–Trinajstić information content (AvgIpc) is 2.82. The molecule has 1 aromatic rings. The number of carbonyl (C=O) groups is 1. The second kappa shape index (κ2) is 8.63. The molecule has 2 unspecified atom stereocenters. The number of halogens is 1. The second-order valence-electron chi connectivity index (χ2n) is 5.39.